The zero-order valence-electron chi connectivity index (χ0n) is 12.8. The van der Waals surface area contributed by atoms with Gasteiger partial charge in [0.25, 0.3) is 0 Å². The van der Waals surface area contributed by atoms with Gasteiger partial charge in [-0.3, -0.25) is 4.68 Å². The molecule has 0 bridgehead atoms. The highest BCUT2D eigenvalue weighted by Crippen LogP contribution is 2.28. The lowest BCUT2D eigenvalue weighted by Crippen LogP contribution is -2.14. The number of ether oxygens (including phenoxy) is 2. The van der Waals surface area contributed by atoms with Crippen LogP contribution in [0.3, 0.4) is 0 Å². The summed E-state index contributed by atoms with van der Waals surface area (Å²) in [5.41, 5.74) is 1.16. The molecular formula is C15H22N4O2. The van der Waals surface area contributed by atoms with Crippen molar-refractivity contribution in [3.63, 3.8) is 0 Å². The molecule has 1 heterocycles. The summed E-state index contributed by atoms with van der Waals surface area (Å²) in [5.74, 6) is 2.21. The molecule has 6 nitrogen and oxygen atoms in total. The van der Waals surface area contributed by atoms with Crippen molar-refractivity contribution in [3.05, 3.63) is 35.9 Å². The molecule has 0 spiro atoms. The molecule has 21 heavy (non-hydrogen) atoms. The number of hydrogen-bond acceptors (Lipinski definition) is 5. The number of methoxy groups -OCH3 is 1. The zero-order valence-corrected chi connectivity index (χ0v) is 12.8. The summed E-state index contributed by atoms with van der Waals surface area (Å²) in [6.07, 6.45) is 2.63. The topological polar surface area (TPSA) is 61.2 Å². The van der Waals surface area contributed by atoms with Crippen molar-refractivity contribution in [2.75, 3.05) is 13.7 Å². The third kappa shape index (κ3) is 4.19. The Morgan fingerprint density at radius 2 is 2.14 bits per heavy atom. The van der Waals surface area contributed by atoms with Gasteiger partial charge in [-0.25, -0.2) is 4.98 Å². The largest absolute Gasteiger partial charge is 0.493 e. The first kappa shape index (κ1) is 15.3. The number of benzene rings is 1. The maximum absolute atomic E-state index is 5.82. The highest BCUT2D eigenvalue weighted by Gasteiger charge is 2.08. The van der Waals surface area contributed by atoms with Crippen LogP contribution in [0.4, 0.5) is 0 Å². The fraction of sp³-hybridized carbons (Fsp3) is 0.467. The second kappa shape index (κ2) is 7.64. The van der Waals surface area contributed by atoms with E-state index < -0.39 is 0 Å². The second-order valence-electron chi connectivity index (χ2n) is 4.75. The molecule has 1 aromatic carbocycles. The van der Waals surface area contributed by atoms with Crippen molar-refractivity contribution < 1.29 is 9.47 Å². The van der Waals surface area contributed by atoms with Gasteiger partial charge in [0, 0.05) is 13.6 Å². The predicted octanol–water partition coefficient (Wildman–Crippen LogP) is 1.90. The molecule has 0 saturated heterocycles. The number of nitrogens with zero attached hydrogens (tertiary/aromatic N) is 3. The standard InChI is InChI=1S/C15H22N4O2/c1-4-7-16-9-12-5-6-13(20-3)14(8-12)21-10-15-17-11-18-19(15)2/h5-6,8,11,16H,4,7,9-10H2,1-3H3. The quantitative estimate of drug-likeness (QED) is 0.752. The maximum atomic E-state index is 5.82. The van der Waals surface area contributed by atoms with Crippen LogP contribution >= 0.6 is 0 Å². The Morgan fingerprint density at radius 1 is 1.29 bits per heavy atom. The van der Waals surface area contributed by atoms with Gasteiger partial charge in [0.15, 0.2) is 17.3 Å². The average molecular weight is 290 g/mol. The van der Waals surface area contributed by atoms with Crippen LogP contribution in [-0.2, 0) is 20.2 Å². The molecule has 0 aliphatic rings. The molecule has 0 aliphatic carbocycles. The average Bonchev–Trinajstić information content (AvgIpc) is 2.91. The molecule has 2 aromatic rings. The van der Waals surface area contributed by atoms with Gasteiger partial charge >= 0.3 is 0 Å². The van der Waals surface area contributed by atoms with Crippen LogP contribution in [0.1, 0.15) is 24.7 Å². The van der Waals surface area contributed by atoms with E-state index in [1.54, 1.807) is 11.8 Å². The second-order valence-corrected chi connectivity index (χ2v) is 4.75. The summed E-state index contributed by atoms with van der Waals surface area (Å²) in [6, 6.07) is 5.96. The number of nitrogens with one attached hydrogen (secondary N) is 1. The molecule has 0 unspecified atom stereocenters. The smallest absolute Gasteiger partial charge is 0.164 e. The minimum Gasteiger partial charge on any atom is -0.493 e. The monoisotopic (exact) mass is 290 g/mol. The molecule has 6 heteroatoms. The molecule has 0 radical (unpaired) electrons. The van der Waals surface area contributed by atoms with Crippen LogP contribution < -0.4 is 14.8 Å². The van der Waals surface area contributed by atoms with Crippen LogP contribution in [0.5, 0.6) is 11.5 Å². The van der Waals surface area contributed by atoms with Gasteiger partial charge in [0.2, 0.25) is 0 Å². The summed E-state index contributed by atoms with van der Waals surface area (Å²) in [7, 11) is 3.48. The van der Waals surface area contributed by atoms with Gasteiger partial charge in [0.05, 0.1) is 7.11 Å². The van der Waals surface area contributed by atoms with E-state index in [4.69, 9.17) is 9.47 Å². The Bertz CT molecular complexity index is 569. The van der Waals surface area contributed by atoms with E-state index in [9.17, 15) is 0 Å². The van der Waals surface area contributed by atoms with Crippen LogP contribution in [-0.4, -0.2) is 28.4 Å². The Balaban J connectivity index is 2.05. The van der Waals surface area contributed by atoms with Crippen molar-refractivity contribution in [2.45, 2.75) is 26.5 Å². The van der Waals surface area contributed by atoms with E-state index in [1.165, 1.54) is 6.33 Å². The van der Waals surface area contributed by atoms with E-state index in [1.807, 2.05) is 25.2 Å². The lowest BCUT2D eigenvalue weighted by atomic mass is 10.2. The number of aromatic nitrogens is 3. The summed E-state index contributed by atoms with van der Waals surface area (Å²) < 4.78 is 12.9. The molecule has 0 atom stereocenters. The Labute approximate surface area is 125 Å². The molecule has 114 valence electrons. The molecule has 0 fully saturated rings. The van der Waals surface area contributed by atoms with E-state index >= 15 is 0 Å². The molecule has 1 N–H and O–H groups in total. The first-order valence-electron chi connectivity index (χ1n) is 7.08. The van der Waals surface area contributed by atoms with Crippen LogP contribution in [0.25, 0.3) is 0 Å². The summed E-state index contributed by atoms with van der Waals surface area (Å²) >= 11 is 0. The van der Waals surface area contributed by atoms with E-state index in [0.29, 0.717) is 6.61 Å². The third-order valence-corrected chi connectivity index (χ3v) is 3.15. The molecule has 2 rings (SSSR count). The molecular weight excluding hydrogens is 268 g/mol. The number of rotatable bonds is 8. The van der Waals surface area contributed by atoms with Gasteiger partial charge in [-0.15, -0.1) is 0 Å². The highest BCUT2D eigenvalue weighted by molar-refractivity contribution is 5.43. The van der Waals surface area contributed by atoms with Crippen molar-refractivity contribution in [1.82, 2.24) is 20.1 Å². The fourth-order valence-corrected chi connectivity index (χ4v) is 1.95. The van der Waals surface area contributed by atoms with Gasteiger partial charge in [-0.05, 0) is 30.7 Å². The minimum absolute atomic E-state index is 0.360. The SMILES string of the molecule is CCCNCc1ccc(OC)c(OCc2ncnn2C)c1. The van der Waals surface area contributed by atoms with Crippen LogP contribution in [0.15, 0.2) is 24.5 Å². The Hall–Kier alpha value is -2.08. The van der Waals surface area contributed by atoms with Crippen molar-refractivity contribution in [2.24, 2.45) is 7.05 Å². The Kier molecular flexibility index (Phi) is 5.57. The predicted molar refractivity (Wildman–Crippen MR) is 80.3 cm³/mol. The van der Waals surface area contributed by atoms with Crippen LogP contribution in [0.2, 0.25) is 0 Å². The maximum Gasteiger partial charge on any atom is 0.164 e. The summed E-state index contributed by atoms with van der Waals surface area (Å²) in [5, 5.41) is 7.40. The normalized spacial score (nSPS) is 10.6. The van der Waals surface area contributed by atoms with Crippen molar-refractivity contribution >= 4 is 0 Å². The van der Waals surface area contributed by atoms with Crippen molar-refractivity contribution in [3.8, 4) is 11.5 Å². The number of aryl methyl sites for hydroxylation is 1. The first-order valence-corrected chi connectivity index (χ1v) is 7.08. The fourth-order valence-electron chi connectivity index (χ4n) is 1.95. The summed E-state index contributed by atoms with van der Waals surface area (Å²) in [4.78, 5) is 4.14. The van der Waals surface area contributed by atoms with Crippen molar-refractivity contribution in [1.29, 1.82) is 0 Å². The van der Waals surface area contributed by atoms with Gasteiger partial charge < -0.3 is 14.8 Å². The molecule has 1 aromatic heterocycles. The lowest BCUT2D eigenvalue weighted by molar-refractivity contribution is 0.271. The number of hydrogen-bond donors (Lipinski definition) is 1. The lowest BCUT2D eigenvalue weighted by Gasteiger charge is -2.12. The van der Waals surface area contributed by atoms with Gasteiger partial charge in [-0.2, -0.15) is 5.10 Å². The third-order valence-electron chi connectivity index (χ3n) is 3.15. The highest BCUT2D eigenvalue weighted by atomic mass is 16.5. The van der Waals surface area contributed by atoms with E-state index in [0.717, 1.165) is 42.4 Å². The van der Waals surface area contributed by atoms with Gasteiger partial charge in [-0.1, -0.05) is 13.0 Å². The molecule has 0 saturated carbocycles. The van der Waals surface area contributed by atoms with Crippen LogP contribution in [0, 0.1) is 0 Å². The minimum atomic E-state index is 0.360. The summed E-state index contributed by atoms with van der Waals surface area (Å²) in [6.45, 7) is 4.33. The molecule has 0 amide bonds. The van der Waals surface area contributed by atoms with E-state index in [-0.39, 0.29) is 0 Å². The Morgan fingerprint density at radius 3 is 2.81 bits per heavy atom. The zero-order chi connectivity index (χ0) is 15.1. The first-order chi connectivity index (χ1) is 10.2. The van der Waals surface area contributed by atoms with Gasteiger partial charge in [0.1, 0.15) is 12.9 Å². The van der Waals surface area contributed by atoms with E-state index in [2.05, 4.69) is 22.3 Å². The molecule has 0 aliphatic heterocycles.